The summed E-state index contributed by atoms with van der Waals surface area (Å²) >= 11 is 1.71. The third-order valence-electron chi connectivity index (χ3n) is 1.50. The van der Waals surface area contributed by atoms with Crippen molar-refractivity contribution in [2.24, 2.45) is 0 Å². The molecule has 0 aliphatic heterocycles. The van der Waals surface area contributed by atoms with E-state index in [9.17, 15) is 0 Å². The molecule has 0 fully saturated rings. The Hall–Kier alpha value is -1.38. The highest BCUT2D eigenvalue weighted by atomic mass is 32.2. The van der Waals surface area contributed by atoms with Gasteiger partial charge in [-0.3, -0.25) is 0 Å². The van der Waals surface area contributed by atoms with E-state index in [4.69, 9.17) is 11.7 Å². The minimum Gasteiger partial charge on any atom is -0.192 e. The van der Waals surface area contributed by atoms with E-state index in [1.807, 2.05) is 24.3 Å². The van der Waals surface area contributed by atoms with Gasteiger partial charge in [0.2, 0.25) is 0 Å². The molecule has 1 rings (SSSR count). The molecule has 2 heteroatoms. The number of thioether (sulfide) groups is 1. The van der Waals surface area contributed by atoms with Gasteiger partial charge >= 0.3 is 0 Å². The van der Waals surface area contributed by atoms with Gasteiger partial charge in [-0.05, 0) is 24.3 Å². The quantitative estimate of drug-likeness (QED) is 0.412. The Morgan fingerprint density at radius 3 is 2.54 bits per heavy atom. The average molecular weight is 187 g/mol. The van der Waals surface area contributed by atoms with Crippen LogP contribution in [0.3, 0.4) is 0 Å². The van der Waals surface area contributed by atoms with Crippen molar-refractivity contribution >= 4 is 11.8 Å². The molecule has 1 aromatic rings. The predicted octanol–water partition coefficient (Wildman–Crippen LogP) is 2.67. The van der Waals surface area contributed by atoms with Gasteiger partial charge in [-0.1, -0.05) is 0 Å². The SMILES string of the molecule is C#CCCSc1ccc(C#N)cc1. The maximum Gasteiger partial charge on any atom is 0.0991 e. The van der Waals surface area contributed by atoms with Crippen molar-refractivity contribution in [3.63, 3.8) is 0 Å². The summed E-state index contributed by atoms with van der Waals surface area (Å²) in [5.41, 5.74) is 0.696. The molecule has 0 unspecified atom stereocenters. The minimum absolute atomic E-state index is 0.696. The van der Waals surface area contributed by atoms with E-state index >= 15 is 0 Å². The van der Waals surface area contributed by atoms with E-state index in [1.54, 1.807) is 11.8 Å². The zero-order chi connectivity index (χ0) is 9.52. The highest BCUT2D eigenvalue weighted by Gasteiger charge is 1.93. The Balaban J connectivity index is 2.52. The maximum atomic E-state index is 8.56. The fourth-order valence-electron chi connectivity index (χ4n) is 0.854. The normalized spacial score (nSPS) is 8.77. The number of hydrogen-bond acceptors (Lipinski definition) is 2. The third kappa shape index (κ3) is 3.23. The second-order valence-corrected chi connectivity index (χ2v) is 3.61. The van der Waals surface area contributed by atoms with Crippen LogP contribution in [0.2, 0.25) is 0 Å². The summed E-state index contributed by atoms with van der Waals surface area (Å²) in [5, 5.41) is 8.56. The lowest BCUT2D eigenvalue weighted by molar-refractivity contribution is 1.29. The summed E-state index contributed by atoms with van der Waals surface area (Å²) in [5.74, 6) is 3.52. The Morgan fingerprint density at radius 2 is 2.00 bits per heavy atom. The molecule has 0 amide bonds. The second kappa shape index (κ2) is 5.30. The van der Waals surface area contributed by atoms with E-state index in [0.717, 1.165) is 17.1 Å². The van der Waals surface area contributed by atoms with Crippen molar-refractivity contribution in [3.8, 4) is 18.4 Å². The molecule has 0 saturated heterocycles. The third-order valence-corrected chi connectivity index (χ3v) is 2.51. The first-order valence-electron chi connectivity index (χ1n) is 3.93. The predicted molar refractivity (Wildman–Crippen MR) is 55.3 cm³/mol. The van der Waals surface area contributed by atoms with Crippen LogP contribution in [0.5, 0.6) is 0 Å². The molecule has 0 radical (unpaired) electrons. The summed E-state index contributed by atoms with van der Waals surface area (Å²) < 4.78 is 0. The molecule has 64 valence electrons. The minimum atomic E-state index is 0.696. The van der Waals surface area contributed by atoms with Crippen LogP contribution in [0.25, 0.3) is 0 Å². The lowest BCUT2D eigenvalue weighted by Crippen LogP contribution is -1.78. The highest BCUT2D eigenvalue weighted by Crippen LogP contribution is 2.18. The van der Waals surface area contributed by atoms with Gasteiger partial charge < -0.3 is 0 Å². The van der Waals surface area contributed by atoms with Gasteiger partial charge in [0, 0.05) is 17.1 Å². The molecule has 13 heavy (non-hydrogen) atoms. The standard InChI is InChI=1S/C11H9NS/c1-2-3-8-13-11-6-4-10(9-12)5-7-11/h1,4-7H,3,8H2. The first-order valence-corrected chi connectivity index (χ1v) is 4.92. The van der Waals surface area contributed by atoms with Gasteiger partial charge in [-0.15, -0.1) is 24.1 Å². The first kappa shape index (κ1) is 9.71. The molecular formula is C11H9NS. The monoisotopic (exact) mass is 187 g/mol. The largest absolute Gasteiger partial charge is 0.192 e. The lowest BCUT2D eigenvalue weighted by atomic mass is 10.2. The van der Waals surface area contributed by atoms with Gasteiger partial charge in [0.05, 0.1) is 11.6 Å². The molecule has 0 spiro atoms. The topological polar surface area (TPSA) is 23.8 Å². The zero-order valence-electron chi connectivity index (χ0n) is 7.16. The van der Waals surface area contributed by atoms with Crippen molar-refractivity contribution in [1.29, 1.82) is 5.26 Å². The van der Waals surface area contributed by atoms with E-state index in [2.05, 4.69) is 12.0 Å². The van der Waals surface area contributed by atoms with Crippen LogP contribution in [0, 0.1) is 23.7 Å². The second-order valence-electron chi connectivity index (χ2n) is 2.44. The van der Waals surface area contributed by atoms with Crippen molar-refractivity contribution < 1.29 is 0 Å². The van der Waals surface area contributed by atoms with Crippen LogP contribution < -0.4 is 0 Å². The summed E-state index contributed by atoms with van der Waals surface area (Å²) in [7, 11) is 0. The van der Waals surface area contributed by atoms with Crippen LogP contribution in [0.15, 0.2) is 29.2 Å². The number of hydrogen-bond donors (Lipinski definition) is 0. The summed E-state index contributed by atoms with van der Waals surface area (Å²) in [6.07, 6.45) is 5.91. The molecule has 0 N–H and O–H groups in total. The maximum absolute atomic E-state index is 8.56. The molecule has 0 aliphatic rings. The Morgan fingerprint density at radius 1 is 1.31 bits per heavy atom. The van der Waals surface area contributed by atoms with E-state index in [-0.39, 0.29) is 0 Å². The summed E-state index contributed by atoms with van der Waals surface area (Å²) in [4.78, 5) is 1.16. The van der Waals surface area contributed by atoms with Gasteiger partial charge in [0.25, 0.3) is 0 Å². The van der Waals surface area contributed by atoms with Crippen molar-refractivity contribution in [1.82, 2.24) is 0 Å². The van der Waals surface area contributed by atoms with E-state index < -0.39 is 0 Å². The molecule has 0 aromatic heterocycles. The van der Waals surface area contributed by atoms with Gasteiger partial charge in [0.1, 0.15) is 0 Å². The molecule has 0 atom stereocenters. The summed E-state index contributed by atoms with van der Waals surface area (Å²) in [6, 6.07) is 9.60. The average Bonchev–Trinajstić information content (AvgIpc) is 2.19. The smallest absolute Gasteiger partial charge is 0.0991 e. The molecular weight excluding hydrogens is 178 g/mol. The molecule has 0 heterocycles. The van der Waals surface area contributed by atoms with Crippen LogP contribution in [-0.2, 0) is 0 Å². The van der Waals surface area contributed by atoms with Gasteiger partial charge in [-0.2, -0.15) is 5.26 Å². The van der Waals surface area contributed by atoms with E-state index in [1.165, 1.54) is 0 Å². The molecule has 0 bridgehead atoms. The first-order chi connectivity index (χ1) is 6.36. The van der Waals surface area contributed by atoms with Gasteiger partial charge in [0.15, 0.2) is 0 Å². The van der Waals surface area contributed by atoms with Crippen LogP contribution in [0.4, 0.5) is 0 Å². The Kier molecular flexibility index (Phi) is 3.96. The molecule has 1 aromatic carbocycles. The number of nitriles is 1. The number of terminal acetylenes is 1. The van der Waals surface area contributed by atoms with Crippen LogP contribution >= 0.6 is 11.8 Å². The van der Waals surface area contributed by atoms with Crippen LogP contribution in [0.1, 0.15) is 12.0 Å². The fraction of sp³-hybridized carbons (Fsp3) is 0.182. The van der Waals surface area contributed by atoms with Gasteiger partial charge in [-0.25, -0.2) is 0 Å². The number of benzene rings is 1. The Labute approximate surface area is 82.8 Å². The van der Waals surface area contributed by atoms with Crippen molar-refractivity contribution in [2.45, 2.75) is 11.3 Å². The highest BCUT2D eigenvalue weighted by molar-refractivity contribution is 7.99. The van der Waals surface area contributed by atoms with E-state index in [0.29, 0.717) is 5.56 Å². The number of nitrogens with zero attached hydrogens (tertiary/aromatic N) is 1. The summed E-state index contributed by atoms with van der Waals surface area (Å²) in [6.45, 7) is 0. The Bertz CT molecular complexity index is 340. The lowest BCUT2D eigenvalue weighted by Gasteiger charge is -1.97. The molecule has 0 aliphatic carbocycles. The zero-order valence-corrected chi connectivity index (χ0v) is 7.97. The van der Waals surface area contributed by atoms with Crippen molar-refractivity contribution in [2.75, 3.05) is 5.75 Å². The van der Waals surface area contributed by atoms with Crippen LogP contribution in [-0.4, -0.2) is 5.75 Å². The van der Waals surface area contributed by atoms with Crippen molar-refractivity contribution in [3.05, 3.63) is 29.8 Å². The molecule has 0 saturated carbocycles. The number of rotatable bonds is 3. The fourth-order valence-corrected chi connectivity index (χ4v) is 1.64. The molecule has 1 nitrogen and oxygen atoms in total.